The van der Waals surface area contributed by atoms with Crippen LogP contribution >= 0.6 is 0 Å². The van der Waals surface area contributed by atoms with Crippen molar-refractivity contribution in [1.29, 1.82) is 0 Å². The lowest BCUT2D eigenvalue weighted by molar-refractivity contribution is -0.139. The minimum absolute atomic E-state index is 0.170. The van der Waals surface area contributed by atoms with E-state index in [-0.39, 0.29) is 6.04 Å². The number of aryl methyl sites for hydroxylation is 2. The Hall–Kier alpha value is -1.36. The molecule has 1 heterocycles. The smallest absolute Gasteiger partial charge is 0.320 e. The Morgan fingerprint density at radius 3 is 2.83 bits per heavy atom. The first kappa shape index (κ1) is 14.7. The molecule has 1 unspecified atom stereocenters. The summed E-state index contributed by atoms with van der Waals surface area (Å²) < 4.78 is 2.04. The lowest BCUT2D eigenvalue weighted by atomic mass is 10.2. The Labute approximate surface area is 108 Å². The highest BCUT2D eigenvalue weighted by Crippen LogP contribution is 2.05. The van der Waals surface area contributed by atoms with Gasteiger partial charge in [0.1, 0.15) is 11.9 Å². The molecule has 0 aliphatic heterocycles. The fraction of sp³-hybridized carbons (Fsp3) is 0.692. The minimum atomic E-state index is -0.791. The second-order valence-electron chi connectivity index (χ2n) is 4.79. The molecule has 1 atom stereocenters. The highest BCUT2D eigenvalue weighted by Gasteiger charge is 2.18. The molecule has 0 saturated heterocycles. The second-order valence-corrected chi connectivity index (χ2v) is 4.79. The average molecular weight is 253 g/mol. The van der Waals surface area contributed by atoms with Crippen LogP contribution in [0.2, 0.25) is 0 Å². The first-order valence-corrected chi connectivity index (χ1v) is 6.53. The normalized spacial score (nSPS) is 12.9. The number of nitrogens with one attached hydrogen (secondary N) is 1. The van der Waals surface area contributed by atoms with Crippen LogP contribution in [-0.4, -0.2) is 32.7 Å². The van der Waals surface area contributed by atoms with Gasteiger partial charge in [-0.1, -0.05) is 20.8 Å². The van der Waals surface area contributed by atoms with Gasteiger partial charge in [-0.3, -0.25) is 4.79 Å². The Morgan fingerprint density at radius 2 is 2.28 bits per heavy atom. The molecule has 1 rings (SSSR count). The van der Waals surface area contributed by atoms with E-state index < -0.39 is 12.0 Å². The molecule has 5 heteroatoms. The van der Waals surface area contributed by atoms with E-state index in [1.165, 1.54) is 0 Å². The summed E-state index contributed by atoms with van der Waals surface area (Å²) in [7, 11) is 0. The fourth-order valence-electron chi connectivity index (χ4n) is 1.94. The molecule has 0 radical (unpaired) electrons. The van der Waals surface area contributed by atoms with Crippen LogP contribution in [0.15, 0.2) is 12.4 Å². The fourth-order valence-corrected chi connectivity index (χ4v) is 1.94. The molecule has 102 valence electrons. The van der Waals surface area contributed by atoms with Crippen LogP contribution in [0.5, 0.6) is 0 Å². The Kier molecular flexibility index (Phi) is 5.85. The van der Waals surface area contributed by atoms with E-state index in [0.29, 0.717) is 13.0 Å². The van der Waals surface area contributed by atoms with Crippen molar-refractivity contribution in [1.82, 2.24) is 14.9 Å². The number of nitrogens with zero attached hydrogens (tertiary/aromatic N) is 2. The van der Waals surface area contributed by atoms with Crippen molar-refractivity contribution in [3.63, 3.8) is 0 Å². The van der Waals surface area contributed by atoms with Crippen molar-refractivity contribution in [3.05, 3.63) is 18.2 Å². The van der Waals surface area contributed by atoms with E-state index in [0.717, 1.165) is 18.7 Å². The maximum absolute atomic E-state index is 11.1. The van der Waals surface area contributed by atoms with Gasteiger partial charge in [-0.15, -0.1) is 0 Å². The van der Waals surface area contributed by atoms with E-state index in [2.05, 4.69) is 17.2 Å². The molecule has 18 heavy (non-hydrogen) atoms. The van der Waals surface area contributed by atoms with Crippen LogP contribution in [-0.2, 0) is 17.8 Å². The summed E-state index contributed by atoms with van der Waals surface area (Å²) in [6, 6.07) is -0.328. The first-order valence-electron chi connectivity index (χ1n) is 6.53. The van der Waals surface area contributed by atoms with E-state index in [1.807, 2.05) is 24.6 Å². The zero-order valence-corrected chi connectivity index (χ0v) is 11.4. The summed E-state index contributed by atoms with van der Waals surface area (Å²) in [4.78, 5) is 15.4. The maximum atomic E-state index is 11.1. The van der Waals surface area contributed by atoms with Gasteiger partial charge in [0.25, 0.3) is 0 Å². The van der Waals surface area contributed by atoms with E-state index in [4.69, 9.17) is 5.11 Å². The Morgan fingerprint density at radius 1 is 1.56 bits per heavy atom. The third kappa shape index (κ3) is 4.49. The number of carbonyl (C=O) groups is 1. The standard InChI is InChI=1S/C13H23N3O2/c1-4-5-12-14-7-9-16(12)8-6-11(13(17)18)15-10(2)3/h7,9-11,15H,4-6,8H2,1-3H3,(H,17,18). The van der Waals surface area contributed by atoms with E-state index in [1.54, 1.807) is 6.20 Å². The molecule has 1 aromatic heterocycles. The molecule has 5 nitrogen and oxygen atoms in total. The van der Waals surface area contributed by atoms with Crippen molar-refractivity contribution < 1.29 is 9.90 Å². The number of carboxylic acids is 1. The van der Waals surface area contributed by atoms with Crippen LogP contribution < -0.4 is 5.32 Å². The highest BCUT2D eigenvalue weighted by atomic mass is 16.4. The van der Waals surface area contributed by atoms with Crippen LogP contribution in [0, 0.1) is 0 Å². The van der Waals surface area contributed by atoms with Gasteiger partial charge in [0.05, 0.1) is 0 Å². The third-order valence-corrected chi connectivity index (χ3v) is 2.77. The van der Waals surface area contributed by atoms with Crippen LogP contribution in [0.4, 0.5) is 0 Å². The van der Waals surface area contributed by atoms with Gasteiger partial charge in [0.2, 0.25) is 0 Å². The summed E-state index contributed by atoms with van der Waals surface area (Å²) >= 11 is 0. The Bertz CT molecular complexity index is 374. The molecule has 0 spiro atoms. The lowest BCUT2D eigenvalue weighted by Crippen LogP contribution is -2.41. The predicted octanol–water partition coefficient (Wildman–Crippen LogP) is 1.68. The predicted molar refractivity (Wildman–Crippen MR) is 70.5 cm³/mol. The van der Waals surface area contributed by atoms with Gasteiger partial charge in [-0.05, 0) is 12.8 Å². The van der Waals surface area contributed by atoms with Gasteiger partial charge in [0.15, 0.2) is 0 Å². The number of hydrogen-bond donors (Lipinski definition) is 2. The topological polar surface area (TPSA) is 67.2 Å². The van der Waals surface area contributed by atoms with Gasteiger partial charge < -0.3 is 15.0 Å². The van der Waals surface area contributed by atoms with Crippen molar-refractivity contribution in [3.8, 4) is 0 Å². The average Bonchev–Trinajstić information content (AvgIpc) is 2.71. The zero-order chi connectivity index (χ0) is 13.5. The van der Waals surface area contributed by atoms with Crippen molar-refractivity contribution in [2.45, 2.75) is 58.7 Å². The molecule has 0 aromatic carbocycles. The molecule has 0 aliphatic rings. The largest absolute Gasteiger partial charge is 0.480 e. The third-order valence-electron chi connectivity index (χ3n) is 2.77. The molecular weight excluding hydrogens is 230 g/mol. The van der Waals surface area contributed by atoms with Crippen LogP contribution in [0.1, 0.15) is 39.4 Å². The minimum Gasteiger partial charge on any atom is -0.480 e. The number of imidazole rings is 1. The number of hydrogen-bond acceptors (Lipinski definition) is 3. The molecule has 0 bridgehead atoms. The van der Waals surface area contributed by atoms with Gasteiger partial charge >= 0.3 is 5.97 Å². The zero-order valence-electron chi connectivity index (χ0n) is 11.4. The van der Waals surface area contributed by atoms with Gasteiger partial charge in [0, 0.05) is 31.4 Å². The number of rotatable bonds is 8. The summed E-state index contributed by atoms with van der Waals surface area (Å²) in [6.45, 7) is 6.71. The van der Waals surface area contributed by atoms with Gasteiger partial charge in [-0.25, -0.2) is 4.98 Å². The molecule has 0 fully saturated rings. The Balaban J connectivity index is 2.55. The van der Waals surface area contributed by atoms with Gasteiger partial charge in [-0.2, -0.15) is 0 Å². The first-order chi connectivity index (χ1) is 8.54. The summed E-state index contributed by atoms with van der Waals surface area (Å²) in [6.07, 6.45) is 6.24. The highest BCUT2D eigenvalue weighted by molar-refractivity contribution is 5.73. The van der Waals surface area contributed by atoms with E-state index in [9.17, 15) is 4.79 Å². The molecule has 0 aliphatic carbocycles. The number of aliphatic carboxylic acids is 1. The molecule has 0 amide bonds. The molecule has 2 N–H and O–H groups in total. The summed E-state index contributed by atoms with van der Waals surface area (Å²) in [5.41, 5.74) is 0. The number of carboxylic acid groups (broad SMARTS) is 1. The quantitative estimate of drug-likeness (QED) is 0.739. The van der Waals surface area contributed by atoms with E-state index >= 15 is 0 Å². The second kappa shape index (κ2) is 7.16. The maximum Gasteiger partial charge on any atom is 0.320 e. The van der Waals surface area contributed by atoms with Crippen molar-refractivity contribution >= 4 is 5.97 Å². The van der Waals surface area contributed by atoms with Crippen LogP contribution in [0.25, 0.3) is 0 Å². The molecule has 1 aromatic rings. The number of aromatic nitrogens is 2. The van der Waals surface area contributed by atoms with Crippen molar-refractivity contribution in [2.24, 2.45) is 0 Å². The summed E-state index contributed by atoms with van der Waals surface area (Å²) in [5.74, 6) is 0.243. The monoisotopic (exact) mass is 253 g/mol. The lowest BCUT2D eigenvalue weighted by Gasteiger charge is -2.18. The molecular formula is C13H23N3O2. The van der Waals surface area contributed by atoms with Crippen LogP contribution in [0.3, 0.4) is 0 Å². The summed E-state index contributed by atoms with van der Waals surface area (Å²) in [5, 5.41) is 12.2. The van der Waals surface area contributed by atoms with Crippen molar-refractivity contribution in [2.75, 3.05) is 0 Å². The molecule has 0 saturated carbocycles. The SMILES string of the molecule is CCCc1nccn1CCC(NC(C)C)C(=O)O.